The van der Waals surface area contributed by atoms with Gasteiger partial charge in [0.1, 0.15) is 11.9 Å². The molecule has 2 rings (SSSR count). The van der Waals surface area contributed by atoms with Gasteiger partial charge in [0.25, 0.3) is 0 Å². The van der Waals surface area contributed by atoms with Crippen LogP contribution in [-0.2, 0) is 0 Å². The summed E-state index contributed by atoms with van der Waals surface area (Å²) in [7, 11) is 0. The summed E-state index contributed by atoms with van der Waals surface area (Å²) in [6, 6.07) is 9.98. The van der Waals surface area contributed by atoms with Gasteiger partial charge >= 0.3 is 0 Å². The van der Waals surface area contributed by atoms with Crippen molar-refractivity contribution in [1.29, 1.82) is 0 Å². The third kappa shape index (κ3) is 6.00. The number of aliphatic hydroxyl groups excluding tert-OH is 1. The maximum atomic E-state index is 8.91. The van der Waals surface area contributed by atoms with Gasteiger partial charge in [0, 0.05) is 32.5 Å². The Morgan fingerprint density at radius 1 is 1.32 bits per heavy atom. The Hall–Kier alpha value is -1.02. The minimum atomic E-state index is 0. The fraction of sp³-hybridized carbons (Fsp3) is 0.562. The molecular formula is C16H26IN3O2. The summed E-state index contributed by atoms with van der Waals surface area (Å²) >= 11 is 0. The Kier molecular flexibility index (Phi) is 9.22. The van der Waals surface area contributed by atoms with Gasteiger partial charge in [-0.1, -0.05) is 18.2 Å². The Morgan fingerprint density at radius 3 is 2.59 bits per heavy atom. The van der Waals surface area contributed by atoms with Gasteiger partial charge in [-0.05, 0) is 19.1 Å². The molecule has 124 valence electrons. The van der Waals surface area contributed by atoms with E-state index in [0.717, 1.165) is 44.2 Å². The molecule has 0 unspecified atom stereocenters. The predicted molar refractivity (Wildman–Crippen MR) is 100 cm³/mol. The van der Waals surface area contributed by atoms with E-state index >= 15 is 0 Å². The van der Waals surface area contributed by atoms with Crippen molar-refractivity contribution in [3.8, 4) is 5.75 Å². The summed E-state index contributed by atoms with van der Waals surface area (Å²) in [5.41, 5.74) is 0. The highest BCUT2D eigenvalue weighted by molar-refractivity contribution is 14.0. The Bertz CT molecular complexity index is 434. The monoisotopic (exact) mass is 419 g/mol. The second-order valence-electron chi connectivity index (χ2n) is 5.08. The Labute approximate surface area is 149 Å². The van der Waals surface area contributed by atoms with Crippen LogP contribution in [0.2, 0.25) is 0 Å². The van der Waals surface area contributed by atoms with E-state index in [1.54, 1.807) is 0 Å². The Morgan fingerprint density at radius 2 is 2.00 bits per heavy atom. The number of likely N-dealkylation sites (tertiary alicyclic amines) is 1. The molecule has 22 heavy (non-hydrogen) atoms. The van der Waals surface area contributed by atoms with E-state index in [4.69, 9.17) is 9.84 Å². The SMILES string of the molecule is CCNC(=NCCO)N1CCC(Oc2ccccc2)CC1.I. The molecule has 1 heterocycles. The number of rotatable bonds is 5. The summed E-state index contributed by atoms with van der Waals surface area (Å²) in [4.78, 5) is 6.65. The van der Waals surface area contributed by atoms with Gasteiger partial charge in [-0.25, -0.2) is 0 Å². The van der Waals surface area contributed by atoms with Gasteiger partial charge in [-0.2, -0.15) is 0 Å². The molecular weight excluding hydrogens is 393 g/mol. The number of benzene rings is 1. The number of aliphatic imine (C=N–C) groups is 1. The van der Waals surface area contributed by atoms with Crippen LogP contribution >= 0.6 is 24.0 Å². The average molecular weight is 419 g/mol. The number of hydrogen-bond donors (Lipinski definition) is 2. The third-order valence-electron chi connectivity index (χ3n) is 3.48. The zero-order chi connectivity index (χ0) is 14.9. The molecule has 5 nitrogen and oxygen atoms in total. The molecule has 1 aliphatic rings. The first-order valence-electron chi connectivity index (χ1n) is 7.69. The number of hydrogen-bond acceptors (Lipinski definition) is 3. The fourth-order valence-corrected chi connectivity index (χ4v) is 2.46. The summed E-state index contributed by atoms with van der Waals surface area (Å²) in [6.07, 6.45) is 2.24. The van der Waals surface area contributed by atoms with Crippen LogP contribution in [0.1, 0.15) is 19.8 Å². The lowest BCUT2D eigenvalue weighted by atomic mass is 10.1. The molecule has 1 aromatic rings. The van der Waals surface area contributed by atoms with Gasteiger partial charge in [-0.3, -0.25) is 4.99 Å². The van der Waals surface area contributed by atoms with Crippen molar-refractivity contribution >= 4 is 29.9 Å². The zero-order valence-electron chi connectivity index (χ0n) is 13.1. The van der Waals surface area contributed by atoms with Crippen molar-refractivity contribution < 1.29 is 9.84 Å². The first-order valence-corrected chi connectivity index (χ1v) is 7.69. The van der Waals surface area contributed by atoms with Gasteiger partial charge < -0.3 is 20.1 Å². The van der Waals surface area contributed by atoms with Crippen LogP contribution in [0.3, 0.4) is 0 Å². The third-order valence-corrected chi connectivity index (χ3v) is 3.48. The van der Waals surface area contributed by atoms with E-state index in [2.05, 4.69) is 22.1 Å². The normalized spacial score (nSPS) is 16.1. The molecule has 1 fully saturated rings. The highest BCUT2D eigenvalue weighted by Gasteiger charge is 2.22. The number of piperidine rings is 1. The summed E-state index contributed by atoms with van der Waals surface area (Å²) in [6.45, 7) is 5.28. The molecule has 0 aliphatic carbocycles. The minimum absolute atomic E-state index is 0. The van der Waals surface area contributed by atoms with Gasteiger partial charge in [0.2, 0.25) is 0 Å². The lowest BCUT2D eigenvalue weighted by Gasteiger charge is -2.34. The van der Waals surface area contributed by atoms with Crippen LogP contribution in [0.4, 0.5) is 0 Å². The average Bonchev–Trinajstić information content (AvgIpc) is 2.53. The van der Waals surface area contributed by atoms with Crippen molar-refractivity contribution in [2.45, 2.75) is 25.9 Å². The highest BCUT2D eigenvalue weighted by atomic mass is 127. The maximum absolute atomic E-state index is 8.91. The lowest BCUT2D eigenvalue weighted by Crippen LogP contribution is -2.47. The van der Waals surface area contributed by atoms with Gasteiger partial charge in [-0.15, -0.1) is 24.0 Å². The van der Waals surface area contributed by atoms with Crippen LogP contribution in [-0.4, -0.2) is 54.9 Å². The minimum Gasteiger partial charge on any atom is -0.490 e. The molecule has 2 N–H and O–H groups in total. The molecule has 0 spiro atoms. The highest BCUT2D eigenvalue weighted by Crippen LogP contribution is 2.18. The van der Waals surface area contributed by atoms with Gasteiger partial charge in [0.15, 0.2) is 5.96 Å². The van der Waals surface area contributed by atoms with Crippen LogP contribution in [0, 0.1) is 0 Å². The van der Waals surface area contributed by atoms with E-state index in [0.29, 0.717) is 6.54 Å². The van der Waals surface area contributed by atoms with E-state index in [1.807, 2.05) is 30.3 Å². The van der Waals surface area contributed by atoms with Crippen LogP contribution in [0.15, 0.2) is 35.3 Å². The predicted octanol–water partition coefficient (Wildman–Crippen LogP) is 2.11. The molecule has 0 saturated carbocycles. The Balaban J connectivity index is 0.00000242. The van der Waals surface area contributed by atoms with E-state index in [9.17, 15) is 0 Å². The van der Waals surface area contributed by atoms with Crippen molar-refractivity contribution in [3.05, 3.63) is 30.3 Å². The molecule has 0 atom stereocenters. The first-order chi connectivity index (χ1) is 10.3. The molecule has 0 bridgehead atoms. The first kappa shape index (κ1) is 19.0. The number of guanidine groups is 1. The number of nitrogens with zero attached hydrogens (tertiary/aromatic N) is 2. The van der Waals surface area contributed by atoms with Crippen molar-refractivity contribution in [1.82, 2.24) is 10.2 Å². The van der Waals surface area contributed by atoms with E-state index in [-0.39, 0.29) is 36.7 Å². The standard InChI is InChI=1S/C16H25N3O2.HI/c1-2-17-16(18-10-13-20)19-11-8-15(9-12-19)21-14-6-4-3-5-7-14;/h3-7,15,20H,2,8-13H2,1H3,(H,17,18);1H. The van der Waals surface area contributed by atoms with E-state index < -0.39 is 0 Å². The van der Waals surface area contributed by atoms with Crippen LogP contribution < -0.4 is 10.1 Å². The smallest absolute Gasteiger partial charge is 0.193 e. The summed E-state index contributed by atoms with van der Waals surface area (Å²) in [5.74, 6) is 1.83. The molecule has 1 aliphatic heterocycles. The number of para-hydroxylation sites is 1. The van der Waals surface area contributed by atoms with Crippen molar-refractivity contribution in [2.24, 2.45) is 4.99 Å². The van der Waals surface area contributed by atoms with E-state index in [1.165, 1.54) is 0 Å². The topological polar surface area (TPSA) is 57.1 Å². The number of aliphatic hydroxyl groups is 1. The quantitative estimate of drug-likeness (QED) is 0.436. The molecule has 0 amide bonds. The lowest BCUT2D eigenvalue weighted by molar-refractivity contribution is 0.129. The maximum Gasteiger partial charge on any atom is 0.193 e. The van der Waals surface area contributed by atoms with Crippen molar-refractivity contribution in [3.63, 3.8) is 0 Å². The summed E-state index contributed by atoms with van der Waals surface area (Å²) in [5, 5.41) is 12.2. The number of ether oxygens (including phenoxy) is 1. The van der Waals surface area contributed by atoms with Crippen LogP contribution in [0.25, 0.3) is 0 Å². The summed E-state index contributed by atoms with van der Waals surface area (Å²) < 4.78 is 6.00. The van der Waals surface area contributed by atoms with Crippen LogP contribution in [0.5, 0.6) is 5.75 Å². The molecule has 0 aromatic heterocycles. The molecule has 0 radical (unpaired) electrons. The number of halogens is 1. The largest absolute Gasteiger partial charge is 0.490 e. The van der Waals surface area contributed by atoms with Crippen molar-refractivity contribution in [2.75, 3.05) is 32.8 Å². The number of nitrogens with one attached hydrogen (secondary N) is 1. The fourth-order valence-electron chi connectivity index (χ4n) is 2.46. The molecule has 1 aromatic carbocycles. The molecule has 1 saturated heterocycles. The zero-order valence-corrected chi connectivity index (χ0v) is 15.4. The van der Waals surface area contributed by atoms with Gasteiger partial charge in [0.05, 0.1) is 13.2 Å². The second-order valence-corrected chi connectivity index (χ2v) is 5.08. The molecule has 6 heteroatoms. The second kappa shape index (κ2) is 10.7.